The van der Waals surface area contributed by atoms with Crippen LogP contribution in [0.25, 0.3) is 11.3 Å². The molecule has 3 aromatic rings. The van der Waals surface area contributed by atoms with Gasteiger partial charge in [-0.2, -0.15) is 0 Å². The number of oxazole rings is 1. The van der Waals surface area contributed by atoms with E-state index in [-0.39, 0.29) is 11.9 Å². The largest absolute Gasteiger partial charge is 0.490 e. The number of ether oxygens (including phenoxy) is 2. The van der Waals surface area contributed by atoms with Gasteiger partial charge in [-0.3, -0.25) is 4.79 Å². The maximum atomic E-state index is 13.1. The molecule has 1 aromatic heterocycles. The minimum absolute atomic E-state index is 0.0762. The Kier molecular flexibility index (Phi) is 5.84. The van der Waals surface area contributed by atoms with Crippen LogP contribution >= 0.6 is 0 Å². The van der Waals surface area contributed by atoms with E-state index in [4.69, 9.17) is 13.9 Å². The van der Waals surface area contributed by atoms with Crippen LogP contribution in [0.5, 0.6) is 11.5 Å². The first-order valence-corrected chi connectivity index (χ1v) is 11.4. The lowest BCUT2D eigenvalue weighted by molar-refractivity contribution is -0.132. The van der Waals surface area contributed by atoms with Crippen LogP contribution in [-0.4, -0.2) is 35.5 Å². The summed E-state index contributed by atoms with van der Waals surface area (Å²) in [5.41, 5.74) is 3.31. The van der Waals surface area contributed by atoms with Crippen LogP contribution in [0.2, 0.25) is 0 Å². The molecule has 0 saturated carbocycles. The summed E-state index contributed by atoms with van der Waals surface area (Å²) in [5, 5.41) is 0. The number of hydrogen-bond acceptors (Lipinski definition) is 5. The van der Waals surface area contributed by atoms with Crippen LogP contribution in [0, 0.1) is 6.92 Å². The Balaban J connectivity index is 1.24. The van der Waals surface area contributed by atoms with Gasteiger partial charge in [0.05, 0.1) is 25.5 Å². The number of fused-ring (bicyclic) bond motifs is 1. The lowest BCUT2D eigenvalue weighted by Gasteiger charge is -2.25. The molecule has 1 amide bonds. The molecule has 3 heterocycles. The van der Waals surface area contributed by atoms with Gasteiger partial charge in [-0.25, -0.2) is 4.98 Å². The van der Waals surface area contributed by atoms with E-state index in [9.17, 15) is 4.79 Å². The number of hydrogen-bond donors (Lipinski definition) is 0. The average Bonchev–Trinajstić information content (AvgIpc) is 3.43. The van der Waals surface area contributed by atoms with E-state index in [1.54, 1.807) is 6.20 Å². The number of amides is 1. The number of carbonyl (C=O) groups is 1. The maximum Gasteiger partial charge on any atom is 0.223 e. The number of aromatic nitrogens is 1. The van der Waals surface area contributed by atoms with Gasteiger partial charge in [0.25, 0.3) is 0 Å². The number of likely N-dealkylation sites (tertiary alicyclic amines) is 1. The standard InChI is InChI=1S/C26H28N2O4/c1-18-5-7-19(8-6-18)24-17-27-25(32-24)11-12-26(29)28-13-2-4-21(28)20-9-10-22-23(16-20)31-15-3-14-30-22/h5-10,16-17,21H,2-4,11-15H2,1H3. The zero-order valence-electron chi connectivity index (χ0n) is 18.4. The summed E-state index contributed by atoms with van der Waals surface area (Å²) in [6, 6.07) is 14.3. The zero-order valence-corrected chi connectivity index (χ0v) is 18.4. The summed E-state index contributed by atoms with van der Waals surface area (Å²) in [4.78, 5) is 19.4. The van der Waals surface area contributed by atoms with Gasteiger partial charge in [-0.15, -0.1) is 0 Å². The van der Waals surface area contributed by atoms with Crippen molar-refractivity contribution < 1.29 is 18.7 Å². The highest BCUT2D eigenvalue weighted by Crippen LogP contribution is 2.38. The van der Waals surface area contributed by atoms with Crippen molar-refractivity contribution in [3.8, 4) is 22.8 Å². The van der Waals surface area contributed by atoms with E-state index in [0.29, 0.717) is 31.9 Å². The van der Waals surface area contributed by atoms with Gasteiger partial charge < -0.3 is 18.8 Å². The van der Waals surface area contributed by atoms with E-state index in [1.165, 1.54) is 5.56 Å². The molecule has 2 aliphatic heterocycles. The quantitative estimate of drug-likeness (QED) is 0.561. The molecule has 2 aliphatic rings. The first-order valence-electron chi connectivity index (χ1n) is 11.4. The van der Waals surface area contributed by atoms with Crippen molar-refractivity contribution in [2.45, 2.75) is 45.1 Å². The number of aryl methyl sites for hydroxylation is 2. The summed E-state index contributed by atoms with van der Waals surface area (Å²) in [6.45, 7) is 4.16. The summed E-state index contributed by atoms with van der Waals surface area (Å²) < 4.78 is 17.5. The third-order valence-corrected chi connectivity index (χ3v) is 6.17. The van der Waals surface area contributed by atoms with Crippen molar-refractivity contribution in [2.24, 2.45) is 0 Å². The number of rotatable bonds is 5. The summed E-state index contributed by atoms with van der Waals surface area (Å²) in [5.74, 6) is 3.03. The Labute approximate surface area is 188 Å². The molecule has 2 aromatic carbocycles. The SMILES string of the molecule is Cc1ccc(-c2cnc(CCC(=O)N3CCCC3c3ccc4c(c3)OCCCO4)o2)cc1. The fraction of sp³-hybridized carbons (Fsp3) is 0.385. The highest BCUT2D eigenvalue weighted by Gasteiger charge is 2.30. The van der Waals surface area contributed by atoms with E-state index in [2.05, 4.69) is 18.0 Å². The van der Waals surface area contributed by atoms with Crippen molar-refractivity contribution in [3.05, 3.63) is 65.7 Å². The fourth-order valence-electron chi connectivity index (χ4n) is 4.43. The Morgan fingerprint density at radius 1 is 1.06 bits per heavy atom. The molecule has 0 radical (unpaired) electrons. The molecule has 5 rings (SSSR count). The normalized spacial score (nSPS) is 17.9. The number of carbonyl (C=O) groups excluding carboxylic acids is 1. The zero-order chi connectivity index (χ0) is 21.9. The topological polar surface area (TPSA) is 64.8 Å². The third kappa shape index (κ3) is 4.35. The van der Waals surface area contributed by atoms with Crippen LogP contribution in [0.15, 0.2) is 53.1 Å². The van der Waals surface area contributed by atoms with Gasteiger partial charge in [-0.05, 0) is 37.5 Å². The van der Waals surface area contributed by atoms with Gasteiger partial charge >= 0.3 is 0 Å². The van der Waals surface area contributed by atoms with Crippen molar-refractivity contribution >= 4 is 5.91 Å². The Hall–Kier alpha value is -3.28. The Morgan fingerprint density at radius 2 is 1.88 bits per heavy atom. The average molecular weight is 433 g/mol. The molecule has 6 nitrogen and oxygen atoms in total. The molecule has 1 fully saturated rings. The minimum atomic E-state index is 0.0762. The lowest BCUT2D eigenvalue weighted by Crippen LogP contribution is -2.30. The van der Waals surface area contributed by atoms with Crippen LogP contribution in [0.4, 0.5) is 0 Å². The fourth-order valence-corrected chi connectivity index (χ4v) is 4.43. The molecule has 0 N–H and O–H groups in total. The van der Waals surface area contributed by atoms with Gasteiger partial charge in [0.2, 0.25) is 5.91 Å². The minimum Gasteiger partial charge on any atom is -0.490 e. The second kappa shape index (κ2) is 9.07. The molecule has 0 aliphatic carbocycles. The second-order valence-electron chi connectivity index (χ2n) is 8.49. The van der Waals surface area contributed by atoms with Gasteiger partial charge in [0, 0.05) is 31.4 Å². The summed E-state index contributed by atoms with van der Waals surface area (Å²) in [7, 11) is 0. The lowest BCUT2D eigenvalue weighted by atomic mass is 10.0. The third-order valence-electron chi connectivity index (χ3n) is 6.17. The molecular weight excluding hydrogens is 404 g/mol. The molecule has 0 spiro atoms. The van der Waals surface area contributed by atoms with E-state index < -0.39 is 0 Å². The smallest absolute Gasteiger partial charge is 0.223 e. The number of nitrogens with zero attached hydrogens (tertiary/aromatic N) is 2. The molecule has 166 valence electrons. The first-order chi connectivity index (χ1) is 15.7. The van der Waals surface area contributed by atoms with E-state index >= 15 is 0 Å². The van der Waals surface area contributed by atoms with E-state index in [1.807, 2.05) is 41.3 Å². The van der Waals surface area contributed by atoms with Gasteiger partial charge in [0.15, 0.2) is 23.1 Å². The number of benzene rings is 2. The first kappa shape index (κ1) is 20.6. The molecule has 6 heteroatoms. The van der Waals surface area contributed by atoms with Gasteiger partial charge in [-0.1, -0.05) is 35.9 Å². The summed E-state index contributed by atoms with van der Waals surface area (Å²) in [6.07, 6.45) is 5.46. The molecule has 0 bridgehead atoms. The molecule has 32 heavy (non-hydrogen) atoms. The predicted octanol–water partition coefficient (Wildman–Crippen LogP) is 5.11. The Morgan fingerprint density at radius 3 is 2.72 bits per heavy atom. The highest BCUT2D eigenvalue weighted by molar-refractivity contribution is 5.77. The van der Waals surface area contributed by atoms with Crippen molar-refractivity contribution in [1.82, 2.24) is 9.88 Å². The molecule has 1 atom stereocenters. The van der Waals surface area contributed by atoms with Crippen LogP contribution in [-0.2, 0) is 11.2 Å². The predicted molar refractivity (Wildman–Crippen MR) is 121 cm³/mol. The highest BCUT2D eigenvalue weighted by atomic mass is 16.5. The van der Waals surface area contributed by atoms with Crippen LogP contribution in [0.3, 0.4) is 0 Å². The van der Waals surface area contributed by atoms with Crippen LogP contribution < -0.4 is 9.47 Å². The molecule has 1 unspecified atom stereocenters. The molecule has 1 saturated heterocycles. The monoisotopic (exact) mass is 432 g/mol. The van der Waals surface area contributed by atoms with Crippen molar-refractivity contribution in [1.29, 1.82) is 0 Å². The van der Waals surface area contributed by atoms with Crippen molar-refractivity contribution in [2.75, 3.05) is 19.8 Å². The van der Waals surface area contributed by atoms with E-state index in [0.717, 1.165) is 54.2 Å². The molecular formula is C26H28N2O4. The Bertz CT molecular complexity index is 1090. The van der Waals surface area contributed by atoms with Gasteiger partial charge in [0.1, 0.15) is 0 Å². The maximum absolute atomic E-state index is 13.1. The van der Waals surface area contributed by atoms with Crippen molar-refractivity contribution in [3.63, 3.8) is 0 Å². The second-order valence-corrected chi connectivity index (χ2v) is 8.49. The van der Waals surface area contributed by atoms with Crippen LogP contribution in [0.1, 0.15) is 48.7 Å². The summed E-state index contributed by atoms with van der Waals surface area (Å²) >= 11 is 0.